The summed E-state index contributed by atoms with van der Waals surface area (Å²) in [5, 5.41) is 3.68. The Bertz CT molecular complexity index is 355. The molecule has 1 rings (SSSR count). The van der Waals surface area contributed by atoms with Crippen LogP contribution in [0.2, 0.25) is 0 Å². The SMILES string of the molecule is CC(C)C(CN)CNC1(C)CCN(C(=O)OC(C)(C)C)CC1. The Balaban J connectivity index is 2.44. The van der Waals surface area contributed by atoms with Gasteiger partial charge in [0.2, 0.25) is 0 Å². The number of ether oxygens (including phenoxy) is 1. The molecule has 1 fully saturated rings. The fourth-order valence-electron chi connectivity index (χ4n) is 2.65. The molecule has 0 aliphatic carbocycles. The summed E-state index contributed by atoms with van der Waals surface area (Å²) in [5.74, 6) is 1.09. The van der Waals surface area contributed by atoms with Crippen LogP contribution in [0.1, 0.15) is 54.4 Å². The Labute approximate surface area is 135 Å². The smallest absolute Gasteiger partial charge is 0.410 e. The third-order valence-corrected chi connectivity index (χ3v) is 4.56. The van der Waals surface area contributed by atoms with Gasteiger partial charge < -0.3 is 20.7 Å². The highest BCUT2D eigenvalue weighted by Crippen LogP contribution is 2.24. The van der Waals surface area contributed by atoms with Gasteiger partial charge in [-0.3, -0.25) is 0 Å². The van der Waals surface area contributed by atoms with Crippen LogP contribution < -0.4 is 11.1 Å². The van der Waals surface area contributed by atoms with E-state index in [0.29, 0.717) is 18.4 Å². The first-order valence-corrected chi connectivity index (χ1v) is 8.49. The molecule has 1 aliphatic heterocycles. The van der Waals surface area contributed by atoms with E-state index in [1.807, 2.05) is 25.7 Å². The van der Waals surface area contributed by atoms with E-state index in [2.05, 4.69) is 26.1 Å². The quantitative estimate of drug-likeness (QED) is 0.818. The van der Waals surface area contributed by atoms with Gasteiger partial charge in [0, 0.05) is 18.6 Å². The lowest BCUT2D eigenvalue weighted by Crippen LogP contribution is -2.54. The van der Waals surface area contributed by atoms with Crippen LogP contribution in [-0.4, -0.2) is 48.3 Å². The van der Waals surface area contributed by atoms with Crippen molar-refractivity contribution >= 4 is 6.09 Å². The minimum atomic E-state index is -0.429. The molecule has 1 aliphatic rings. The number of likely N-dealkylation sites (tertiary alicyclic amines) is 1. The molecule has 0 aromatic rings. The third-order valence-electron chi connectivity index (χ3n) is 4.56. The summed E-state index contributed by atoms with van der Waals surface area (Å²) in [6.45, 7) is 15.5. The van der Waals surface area contributed by atoms with Crippen LogP contribution in [0.15, 0.2) is 0 Å². The van der Waals surface area contributed by atoms with E-state index >= 15 is 0 Å². The second-order valence-corrected chi connectivity index (χ2v) is 8.15. The summed E-state index contributed by atoms with van der Waals surface area (Å²) in [6, 6.07) is 0. The Morgan fingerprint density at radius 3 is 2.27 bits per heavy atom. The molecule has 0 aromatic carbocycles. The molecule has 0 bridgehead atoms. The summed E-state index contributed by atoms with van der Waals surface area (Å²) in [4.78, 5) is 13.9. The van der Waals surface area contributed by atoms with E-state index in [0.717, 1.165) is 32.5 Å². The van der Waals surface area contributed by atoms with E-state index in [1.165, 1.54) is 0 Å². The van der Waals surface area contributed by atoms with Gasteiger partial charge >= 0.3 is 6.09 Å². The maximum absolute atomic E-state index is 12.1. The Morgan fingerprint density at radius 1 is 1.32 bits per heavy atom. The zero-order valence-corrected chi connectivity index (χ0v) is 15.2. The summed E-state index contributed by atoms with van der Waals surface area (Å²) < 4.78 is 5.44. The Morgan fingerprint density at radius 2 is 1.86 bits per heavy atom. The molecular formula is C17H35N3O2. The van der Waals surface area contributed by atoms with Crippen molar-refractivity contribution in [3.05, 3.63) is 0 Å². The fourth-order valence-corrected chi connectivity index (χ4v) is 2.65. The topological polar surface area (TPSA) is 67.6 Å². The lowest BCUT2D eigenvalue weighted by atomic mass is 9.88. The largest absolute Gasteiger partial charge is 0.444 e. The highest BCUT2D eigenvalue weighted by atomic mass is 16.6. The van der Waals surface area contributed by atoms with E-state index in [-0.39, 0.29) is 11.6 Å². The highest BCUT2D eigenvalue weighted by molar-refractivity contribution is 5.68. The number of carbonyl (C=O) groups is 1. The van der Waals surface area contributed by atoms with Crippen LogP contribution in [0.4, 0.5) is 4.79 Å². The van der Waals surface area contributed by atoms with Crippen LogP contribution in [0.5, 0.6) is 0 Å². The van der Waals surface area contributed by atoms with Crippen molar-refractivity contribution in [2.45, 2.75) is 65.5 Å². The lowest BCUT2D eigenvalue weighted by Gasteiger charge is -2.41. The van der Waals surface area contributed by atoms with E-state index in [9.17, 15) is 4.79 Å². The number of nitrogens with two attached hydrogens (primary N) is 1. The predicted molar refractivity (Wildman–Crippen MR) is 90.8 cm³/mol. The number of amides is 1. The van der Waals surface area contributed by atoms with Crippen molar-refractivity contribution < 1.29 is 9.53 Å². The zero-order valence-electron chi connectivity index (χ0n) is 15.2. The maximum atomic E-state index is 12.1. The standard InChI is InChI=1S/C17H35N3O2/c1-13(2)14(11-18)12-19-17(6)7-9-20(10-8-17)15(21)22-16(3,4)5/h13-14,19H,7-12,18H2,1-6H3. The van der Waals surface area contributed by atoms with Gasteiger partial charge in [0.15, 0.2) is 0 Å². The van der Waals surface area contributed by atoms with E-state index in [1.54, 1.807) is 0 Å². The number of carbonyl (C=O) groups excluding carboxylic acids is 1. The first kappa shape index (κ1) is 19.2. The average molecular weight is 313 g/mol. The first-order chi connectivity index (χ1) is 10.1. The maximum Gasteiger partial charge on any atom is 0.410 e. The minimum absolute atomic E-state index is 0.0841. The van der Waals surface area contributed by atoms with Gasteiger partial charge in [0.25, 0.3) is 0 Å². The fraction of sp³-hybridized carbons (Fsp3) is 0.941. The van der Waals surface area contributed by atoms with E-state index < -0.39 is 5.60 Å². The van der Waals surface area contributed by atoms with Gasteiger partial charge in [-0.25, -0.2) is 4.79 Å². The summed E-state index contributed by atoms with van der Waals surface area (Å²) in [6.07, 6.45) is 1.69. The molecule has 1 atom stereocenters. The normalized spacial score (nSPS) is 20.1. The van der Waals surface area contributed by atoms with Crippen molar-refractivity contribution in [3.63, 3.8) is 0 Å². The van der Waals surface area contributed by atoms with Crippen molar-refractivity contribution in [1.29, 1.82) is 0 Å². The molecular weight excluding hydrogens is 278 g/mol. The third kappa shape index (κ3) is 6.13. The number of nitrogens with one attached hydrogen (secondary N) is 1. The summed E-state index contributed by atoms with van der Waals surface area (Å²) in [7, 11) is 0. The number of hydrogen-bond acceptors (Lipinski definition) is 4. The molecule has 22 heavy (non-hydrogen) atoms. The average Bonchev–Trinajstić information content (AvgIpc) is 2.37. The van der Waals surface area contributed by atoms with Gasteiger partial charge in [-0.1, -0.05) is 13.8 Å². The van der Waals surface area contributed by atoms with Crippen LogP contribution in [0, 0.1) is 11.8 Å². The van der Waals surface area contributed by atoms with Gasteiger partial charge in [-0.15, -0.1) is 0 Å². The van der Waals surface area contributed by atoms with Gasteiger partial charge in [0.05, 0.1) is 0 Å². The number of nitrogens with zero attached hydrogens (tertiary/aromatic N) is 1. The van der Waals surface area contributed by atoms with Crippen LogP contribution in [0.3, 0.4) is 0 Å². The molecule has 0 spiro atoms. The van der Waals surface area contributed by atoms with Crippen molar-refractivity contribution in [1.82, 2.24) is 10.2 Å². The second-order valence-electron chi connectivity index (χ2n) is 8.15. The van der Waals surface area contributed by atoms with Crippen molar-refractivity contribution in [2.75, 3.05) is 26.2 Å². The van der Waals surface area contributed by atoms with Crippen LogP contribution >= 0.6 is 0 Å². The number of rotatable bonds is 5. The van der Waals surface area contributed by atoms with Gasteiger partial charge in [-0.05, 0) is 65.5 Å². The van der Waals surface area contributed by atoms with Gasteiger partial charge in [-0.2, -0.15) is 0 Å². The van der Waals surface area contributed by atoms with Crippen LogP contribution in [-0.2, 0) is 4.74 Å². The number of piperidine rings is 1. The molecule has 3 N–H and O–H groups in total. The van der Waals surface area contributed by atoms with E-state index in [4.69, 9.17) is 10.5 Å². The molecule has 1 amide bonds. The highest BCUT2D eigenvalue weighted by Gasteiger charge is 2.33. The lowest BCUT2D eigenvalue weighted by molar-refractivity contribution is 0.0155. The molecule has 1 heterocycles. The molecule has 1 saturated heterocycles. The molecule has 130 valence electrons. The molecule has 5 heteroatoms. The van der Waals surface area contributed by atoms with Crippen LogP contribution in [0.25, 0.3) is 0 Å². The Hall–Kier alpha value is -0.810. The molecule has 0 saturated carbocycles. The second kappa shape index (κ2) is 7.64. The van der Waals surface area contributed by atoms with Crippen molar-refractivity contribution in [2.24, 2.45) is 17.6 Å². The molecule has 1 unspecified atom stereocenters. The number of hydrogen-bond donors (Lipinski definition) is 2. The predicted octanol–water partition coefficient (Wildman–Crippen LogP) is 2.60. The summed E-state index contributed by atoms with van der Waals surface area (Å²) >= 11 is 0. The monoisotopic (exact) mass is 313 g/mol. The summed E-state index contributed by atoms with van der Waals surface area (Å²) in [5.41, 5.74) is 5.50. The Kier molecular flexibility index (Phi) is 6.68. The van der Waals surface area contributed by atoms with Crippen molar-refractivity contribution in [3.8, 4) is 0 Å². The van der Waals surface area contributed by atoms with Gasteiger partial charge in [0.1, 0.15) is 5.60 Å². The first-order valence-electron chi connectivity index (χ1n) is 8.49. The zero-order chi connectivity index (χ0) is 17.0. The minimum Gasteiger partial charge on any atom is -0.444 e. The molecule has 0 aromatic heterocycles. The molecule has 0 radical (unpaired) electrons. The molecule has 5 nitrogen and oxygen atoms in total.